The Morgan fingerprint density at radius 2 is 1.80 bits per heavy atom. The van der Waals surface area contributed by atoms with E-state index in [0.717, 1.165) is 4.47 Å². The van der Waals surface area contributed by atoms with Crippen molar-refractivity contribution in [3.63, 3.8) is 0 Å². The van der Waals surface area contributed by atoms with Gasteiger partial charge in [0.25, 0.3) is 0 Å². The summed E-state index contributed by atoms with van der Waals surface area (Å²) in [6, 6.07) is 6.20. The maximum atomic E-state index is 12.6. The summed E-state index contributed by atoms with van der Waals surface area (Å²) in [5.74, 6) is -1.41. The second-order valence-corrected chi connectivity index (χ2v) is 5.63. The fourth-order valence-corrected chi connectivity index (χ4v) is 2.93. The molecule has 0 aliphatic heterocycles. The van der Waals surface area contributed by atoms with Crippen LogP contribution in [-0.4, -0.2) is 10.6 Å². The van der Waals surface area contributed by atoms with Gasteiger partial charge in [-0.15, -0.1) is 0 Å². The van der Waals surface area contributed by atoms with Crippen LogP contribution in [-0.2, 0) is 0 Å². The summed E-state index contributed by atoms with van der Waals surface area (Å²) in [6.45, 7) is 0. The van der Waals surface area contributed by atoms with Gasteiger partial charge in [-0.2, -0.15) is 0 Å². The van der Waals surface area contributed by atoms with Gasteiger partial charge >= 0.3 is 105 Å². The Bertz CT molecular complexity index is 312. The molecule has 0 radical (unpaired) electrons. The maximum absolute atomic E-state index is 12.6. The topological polar surface area (TPSA) is 26.0 Å². The number of hydrogen-bond donors (Lipinski definition) is 1. The first-order valence-corrected chi connectivity index (χ1v) is 7.61. The summed E-state index contributed by atoms with van der Waals surface area (Å²) in [7, 11) is 0. The first-order valence-electron chi connectivity index (χ1n) is 4.05. The van der Waals surface area contributed by atoms with Crippen LogP contribution in [0.2, 0.25) is 0 Å². The summed E-state index contributed by atoms with van der Waals surface area (Å²) in [5.41, 5.74) is 0.288. The molecule has 0 aliphatic carbocycles. The van der Waals surface area contributed by atoms with Crippen LogP contribution in [0.1, 0.15) is 11.5 Å². The molecule has 0 aliphatic rings. The third kappa shape index (κ3) is 3.92. The Morgan fingerprint density at radius 3 is 2.20 bits per heavy atom. The van der Waals surface area contributed by atoms with Crippen molar-refractivity contribution >= 4 is 15.9 Å². The van der Waals surface area contributed by atoms with Gasteiger partial charge in [-0.25, -0.2) is 0 Å². The Balaban J connectivity index is 2.94. The molecule has 0 heterocycles. The summed E-state index contributed by atoms with van der Waals surface area (Å²) >= 11 is 2.32. The normalized spacial score (nSPS) is 14.2. The molecular weight excluding hydrogens is 386 g/mol. The van der Waals surface area contributed by atoms with Crippen molar-refractivity contribution in [2.75, 3.05) is 4.43 Å². The van der Waals surface area contributed by atoms with E-state index in [2.05, 4.69) is 15.9 Å². The van der Waals surface area contributed by atoms with Crippen LogP contribution in [0.25, 0.3) is 0 Å². The summed E-state index contributed by atoms with van der Waals surface area (Å²) in [6.07, 6.45) is -4.20. The quantitative estimate of drug-likeness (QED) is 0.438. The number of alkyl halides is 4. The molecule has 1 nitrogen and oxygen atoms in total. The molecule has 1 atom stereocenters. The molecule has 6 heteroatoms. The molecule has 0 unspecified atom stereocenters. The van der Waals surface area contributed by atoms with E-state index in [0.29, 0.717) is 0 Å². The van der Waals surface area contributed by atoms with Gasteiger partial charge in [-0.1, -0.05) is 0 Å². The molecule has 0 aromatic heterocycles. The number of nitrogens with two attached hydrogens (primary N) is 1. The fourth-order valence-electron chi connectivity index (χ4n) is 1.15. The zero-order valence-electron chi connectivity index (χ0n) is 7.56. The van der Waals surface area contributed by atoms with E-state index in [1.165, 1.54) is 12.1 Å². The third-order valence-electron chi connectivity index (χ3n) is 1.91. The van der Waals surface area contributed by atoms with E-state index in [-0.39, 0.29) is 9.99 Å². The third-order valence-corrected chi connectivity index (χ3v) is 3.83. The molecule has 0 bridgehead atoms. The molecule has 0 saturated heterocycles. The first-order chi connectivity index (χ1) is 6.95. The van der Waals surface area contributed by atoms with Crippen LogP contribution < -0.4 is 25.4 Å². The average molecular weight is 395 g/mol. The molecule has 1 aromatic rings. The summed E-state index contributed by atoms with van der Waals surface area (Å²) in [4.78, 5) is 0. The number of rotatable bonds is 3. The van der Waals surface area contributed by atoms with Crippen LogP contribution in [0.5, 0.6) is 0 Å². The molecular formula is C9H9BrF3IN-. The van der Waals surface area contributed by atoms with Gasteiger partial charge in [-0.3, -0.25) is 0 Å². The van der Waals surface area contributed by atoms with Gasteiger partial charge < -0.3 is 0 Å². The fraction of sp³-hybridized carbons (Fsp3) is 0.333. The number of halogens is 5. The Kier molecular flexibility index (Phi) is 4.85. The molecule has 86 valence electrons. The van der Waals surface area contributed by atoms with Gasteiger partial charge in [0, 0.05) is 0 Å². The van der Waals surface area contributed by atoms with Crippen LogP contribution >= 0.6 is 15.9 Å². The van der Waals surface area contributed by atoms with E-state index in [1.807, 2.05) is 0 Å². The van der Waals surface area contributed by atoms with E-state index in [4.69, 9.17) is 3.95 Å². The van der Waals surface area contributed by atoms with Gasteiger partial charge in [0.15, 0.2) is 0 Å². The molecule has 2 N–H and O–H groups in total. The van der Waals surface area contributed by atoms with Gasteiger partial charge in [0.2, 0.25) is 0 Å². The van der Waals surface area contributed by atoms with Gasteiger partial charge in [0.1, 0.15) is 0 Å². The zero-order chi connectivity index (χ0) is 11.5. The molecule has 1 aromatic carbocycles. The van der Waals surface area contributed by atoms with Crippen molar-refractivity contribution in [2.45, 2.75) is 12.1 Å². The van der Waals surface area contributed by atoms with Gasteiger partial charge in [-0.05, 0) is 0 Å². The monoisotopic (exact) mass is 394 g/mol. The van der Waals surface area contributed by atoms with E-state index < -0.39 is 33.6 Å². The predicted octanol–water partition coefficient (Wildman–Crippen LogP) is 0.0577. The Hall–Kier alpha value is 0.180. The SMILES string of the molecule is N[I-]C[C@H](c1ccc(Br)cc1)C(F)(F)F. The van der Waals surface area contributed by atoms with Crippen LogP contribution in [0, 0.1) is 0 Å². The van der Waals surface area contributed by atoms with E-state index in [9.17, 15) is 13.2 Å². The van der Waals surface area contributed by atoms with Crippen LogP contribution in [0.15, 0.2) is 28.7 Å². The minimum atomic E-state index is -4.20. The van der Waals surface area contributed by atoms with Gasteiger partial charge in [0.05, 0.1) is 0 Å². The van der Waals surface area contributed by atoms with E-state index >= 15 is 0 Å². The van der Waals surface area contributed by atoms with Crippen molar-refractivity contribution < 1.29 is 34.7 Å². The molecule has 0 saturated carbocycles. The number of hydrogen-bond acceptors (Lipinski definition) is 1. The second-order valence-electron chi connectivity index (χ2n) is 2.95. The second kappa shape index (κ2) is 5.49. The molecule has 0 amide bonds. The summed E-state index contributed by atoms with van der Waals surface area (Å²) < 4.78 is 44.0. The zero-order valence-corrected chi connectivity index (χ0v) is 11.3. The van der Waals surface area contributed by atoms with E-state index in [1.54, 1.807) is 12.1 Å². The molecule has 15 heavy (non-hydrogen) atoms. The predicted molar refractivity (Wildman–Crippen MR) is 52.0 cm³/mol. The standard InChI is InChI=1S/C9H9BrF3IN/c10-7-3-1-6(2-4-7)8(5-14-15)9(11,12)13/h1-4,8H,5,15H2/q-1/t8-/m1/s1. The van der Waals surface area contributed by atoms with Crippen molar-refractivity contribution in [3.05, 3.63) is 34.3 Å². The van der Waals surface area contributed by atoms with Crippen LogP contribution in [0.4, 0.5) is 13.2 Å². The van der Waals surface area contributed by atoms with Crippen molar-refractivity contribution in [3.8, 4) is 0 Å². The van der Waals surface area contributed by atoms with Crippen LogP contribution in [0.3, 0.4) is 0 Å². The molecule has 1 rings (SSSR count). The molecule has 0 spiro atoms. The number of benzene rings is 1. The molecule has 0 fully saturated rings. The Labute approximate surface area is 105 Å². The Morgan fingerprint density at radius 1 is 1.27 bits per heavy atom. The first kappa shape index (κ1) is 13.2. The van der Waals surface area contributed by atoms with Crippen molar-refractivity contribution in [1.29, 1.82) is 0 Å². The van der Waals surface area contributed by atoms with Crippen molar-refractivity contribution in [1.82, 2.24) is 0 Å². The minimum absolute atomic E-state index is 0.0318. The van der Waals surface area contributed by atoms with Crippen molar-refractivity contribution in [2.24, 2.45) is 3.95 Å². The average Bonchev–Trinajstić information content (AvgIpc) is 2.14. The summed E-state index contributed by atoms with van der Waals surface area (Å²) in [5, 5.41) is 0.